The SMILES string of the molecule is CSCCCC(C)(CN)C1CC1. The van der Waals surface area contributed by atoms with Crippen molar-refractivity contribution in [3.8, 4) is 0 Å². The van der Waals surface area contributed by atoms with Gasteiger partial charge in [-0.15, -0.1) is 0 Å². The zero-order valence-corrected chi connectivity index (χ0v) is 9.12. The van der Waals surface area contributed by atoms with E-state index in [1.807, 2.05) is 11.8 Å². The molecule has 1 atom stereocenters. The van der Waals surface area contributed by atoms with Crippen molar-refractivity contribution in [1.82, 2.24) is 0 Å². The maximum atomic E-state index is 5.82. The minimum Gasteiger partial charge on any atom is -0.330 e. The summed E-state index contributed by atoms with van der Waals surface area (Å²) in [6, 6.07) is 0. The molecule has 1 unspecified atom stereocenters. The Bertz CT molecular complexity index is 134. The quantitative estimate of drug-likeness (QED) is 0.647. The second-order valence-electron chi connectivity index (χ2n) is 4.23. The van der Waals surface area contributed by atoms with Gasteiger partial charge in [-0.1, -0.05) is 6.92 Å². The van der Waals surface area contributed by atoms with Gasteiger partial charge in [-0.25, -0.2) is 0 Å². The molecule has 0 radical (unpaired) electrons. The van der Waals surface area contributed by atoms with Gasteiger partial charge in [0.15, 0.2) is 0 Å². The molecule has 1 saturated carbocycles. The molecule has 1 fully saturated rings. The van der Waals surface area contributed by atoms with Gasteiger partial charge in [-0.2, -0.15) is 11.8 Å². The molecule has 72 valence electrons. The van der Waals surface area contributed by atoms with Crippen LogP contribution in [0.25, 0.3) is 0 Å². The molecule has 0 spiro atoms. The van der Waals surface area contributed by atoms with E-state index >= 15 is 0 Å². The smallest absolute Gasteiger partial charge is 0.00205 e. The molecule has 1 aliphatic rings. The highest BCUT2D eigenvalue weighted by atomic mass is 32.2. The van der Waals surface area contributed by atoms with Gasteiger partial charge >= 0.3 is 0 Å². The number of thioether (sulfide) groups is 1. The Labute approximate surface area is 80.5 Å². The topological polar surface area (TPSA) is 26.0 Å². The van der Waals surface area contributed by atoms with E-state index < -0.39 is 0 Å². The fraction of sp³-hybridized carbons (Fsp3) is 1.00. The molecular weight excluding hydrogens is 166 g/mol. The minimum atomic E-state index is 0.468. The Morgan fingerprint density at radius 2 is 2.17 bits per heavy atom. The van der Waals surface area contributed by atoms with Crippen LogP contribution in [0, 0.1) is 11.3 Å². The summed E-state index contributed by atoms with van der Waals surface area (Å²) < 4.78 is 0. The maximum absolute atomic E-state index is 5.82. The second kappa shape index (κ2) is 4.52. The van der Waals surface area contributed by atoms with Crippen LogP contribution in [0.1, 0.15) is 32.6 Å². The van der Waals surface area contributed by atoms with E-state index in [1.54, 1.807) is 0 Å². The molecule has 0 aromatic heterocycles. The average molecular weight is 187 g/mol. The third-order valence-corrected chi connectivity index (χ3v) is 3.82. The van der Waals surface area contributed by atoms with Gasteiger partial charge in [-0.05, 0) is 55.6 Å². The molecule has 0 heterocycles. The van der Waals surface area contributed by atoms with Crippen LogP contribution in [0.2, 0.25) is 0 Å². The van der Waals surface area contributed by atoms with E-state index in [0.29, 0.717) is 5.41 Å². The molecule has 12 heavy (non-hydrogen) atoms. The van der Waals surface area contributed by atoms with Crippen LogP contribution in [0.5, 0.6) is 0 Å². The molecule has 2 heteroatoms. The Balaban J connectivity index is 2.23. The molecule has 0 saturated heterocycles. The molecule has 1 rings (SSSR count). The number of nitrogens with two attached hydrogens (primary N) is 1. The summed E-state index contributed by atoms with van der Waals surface area (Å²) in [6.07, 6.45) is 7.69. The van der Waals surface area contributed by atoms with Gasteiger partial charge in [-0.3, -0.25) is 0 Å². The fourth-order valence-corrected chi connectivity index (χ4v) is 2.31. The first-order chi connectivity index (χ1) is 5.73. The zero-order valence-electron chi connectivity index (χ0n) is 8.31. The van der Waals surface area contributed by atoms with Crippen molar-refractivity contribution < 1.29 is 0 Å². The number of hydrogen-bond donors (Lipinski definition) is 1. The van der Waals surface area contributed by atoms with Crippen molar-refractivity contribution in [3.05, 3.63) is 0 Å². The van der Waals surface area contributed by atoms with Crippen LogP contribution >= 0.6 is 11.8 Å². The van der Waals surface area contributed by atoms with E-state index in [0.717, 1.165) is 12.5 Å². The lowest BCUT2D eigenvalue weighted by Crippen LogP contribution is -2.29. The summed E-state index contributed by atoms with van der Waals surface area (Å²) >= 11 is 1.94. The van der Waals surface area contributed by atoms with Gasteiger partial charge in [0.25, 0.3) is 0 Å². The largest absolute Gasteiger partial charge is 0.330 e. The fourth-order valence-electron chi connectivity index (χ4n) is 1.87. The zero-order chi connectivity index (χ0) is 9.03. The van der Waals surface area contributed by atoms with Gasteiger partial charge in [0, 0.05) is 0 Å². The number of hydrogen-bond acceptors (Lipinski definition) is 2. The molecule has 0 aromatic carbocycles. The van der Waals surface area contributed by atoms with Crippen LogP contribution in [0.4, 0.5) is 0 Å². The lowest BCUT2D eigenvalue weighted by molar-refractivity contribution is 0.258. The van der Waals surface area contributed by atoms with E-state index in [4.69, 9.17) is 5.73 Å². The highest BCUT2D eigenvalue weighted by Crippen LogP contribution is 2.47. The number of rotatable bonds is 6. The summed E-state index contributed by atoms with van der Waals surface area (Å²) in [5, 5.41) is 0. The molecule has 1 nitrogen and oxygen atoms in total. The Morgan fingerprint density at radius 3 is 2.58 bits per heavy atom. The molecule has 0 aromatic rings. The maximum Gasteiger partial charge on any atom is -0.00205 e. The highest BCUT2D eigenvalue weighted by molar-refractivity contribution is 7.98. The van der Waals surface area contributed by atoms with Crippen molar-refractivity contribution in [2.45, 2.75) is 32.6 Å². The Hall–Kier alpha value is 0.310. The molecule has 2 N–H and O–H groups in total. The van der Waals surface area contributed by atoms with E-state index in [1.165, 1.54) is 31.4 Å². The monoisotopic (exact) mass is 187 g/mol. The summed E-state index contributed by atoms with van der Waals surface area (Å²) in [6.45, 7) is 3.25. The summed E-state index contributed by atoms with van der Waals surface area (Å²) in [7, 11) is 0. The van der Waals surface area contributed by atoms with Crippen molar-refractivity contribution in [2.75, 3.05) is 18.6 Å². The summed E-state index contributed by atoms with van der Waals surface area (Å²) in [5.41, 5.74) is 6.29. The van der Waals surface area contributed by atoms with Crippen LogP contribution in [-0.2, 0) is 0 Å². The van der Waals surface area contributed by atoms with Crippen molar-refractivity contribution in [1.29, 1.82) is 0 Å². The molecule has 0 bridgehead atoms. The van der Waals surface area contributed by atoms with Crippen LogP contribution < -0.4 is 5.73 Å². The molecular formula is C10H21NS. The Kier molecular flexibility index (Phi) is 3.91. The third-order valence-electron chi connectivity index (χ3n) is 3.13. The highest BCUT2D eigenvalue weighted by Gasteiger charge is 2.39. The third kappa shape index (κ3) is 2.67. The second-order valence-corrected chi connectivity index (χ2v) is 5.21. The first kappa shape index (κ1) is 10.4. The van der Waals surface area contributed by atoms with E-state index in [-0.39, 0.29) is 0 Å². The van der Waals surface area contributed by atoms with Crippen molar-refractivity contribution >= 4 is 11.8 Å². The van der Waals surface area contributed by atoms with Gasteiger partial charge in [0.1, 0.15) is 0 Å². The standard InChI is InChI=1S/C10H21NS/c1-10(8-11,9-4-5-9)6-3-7-12-2/h9H,3-8,11H2,1-2H3. The van der Waals surface area contributed by atoms with E-state index in [9.17, 15) is 0 Å². The van der Waals surface area contributed by atoms with Crippen LogP contribution in [0.3, 0.4) is 0 Å². The van der Waals surface area contributed by atoms with E-state index in [2.05, 4.69) is 13.2 Å². The van der Waals surface area contributed by atoms with Gasteiger partial charge in [0.05, 0.1) is 0 Å². The average Bonchev–Trinajstić information content (AvgIpc) is 2.87. The lowest BCUT2D eigenvalue weighted by Gasteiger charge is -2.27. The van der Waals surface area contributed by atoms with Gasteiger partial charge in [0.2, 0.25) is 0 Å². The van der Waals surface area contributed by atoms with Gasteiger partial charge < -0.3 is 5.73 Å². The molecule has 1 aliphatic carbocycles. The predicted octanol–water partition coefficient (Wildman–Crippen LogP) is 2.50. The molecule has 0 aliphatic heterocycles. The van der Waals surface area contributed by atoms with Crippen molar-refractivity contribution in [2.24, 2.45) is 17.1 Å². The summed E-state index contributed by atoms with van der Waals surface area (Å²) in [5.74, 6) is 2.24. The lowest BCUT2D eigenvalue weighted by atomic mass is 9.81. The minimum absolute atomic E-state index is 0.468. The summed E-state index contributed by atoms with van der Waals surface area (Å²) in [4.78, 5) is 0. The van der Waals surface area contributed by atoms with Crippen LogP contribution in [-0.4, -0.2) is 18.6 Å². The Morgan fingerprint density at radius 1 is 1.50 bits per heavy atom. The normalized spacial score (nSPS) is 22.2. The van der Waals surface area contributed by atoms with Crippen LogP contribution in [0.15, 0.2) is 0 Å². The first-order valence-corrected chi connectivity index (χ1v) is 6.31. The van der Waals surface area contributed by atoms with Crippen molar-refractivity contribution in [3.63, 3.8) is 0 Å². The first-order valence-electron chi connectivity index (χ1n) is 4.92. The molecule has 0 amide bonds. The predicted molar refractivity (Wildman–Crippen MR) is 57.5 cm³/mol.